The minimum absolute atomic E-state index is 0.00901. The lowest BCUT2D eigenvalue weighted by Crippen LogP contribution is -2.42. The number of benzene rings is 1. The van der Waals surface area contributed by atoms with Gasteiger partial charge in [-0.25, -0.2) is 4.79 Å². The lowest BCUT2D eigenvalue weighted by Gasteiger charge is -2.18. The zero-order valence-corrected chi connectivity index (χ0v) is 13.1. The van der Waals surface area contributed by atoms with Gasteiger partial charge in [-0.3, -0.25) is 14.7 Å². The van der Waals surface area contributed by atoms with Crippen LogP contribution in [0.25, 0.3) is 5.69 Å². The average molecular weight is 319 g/mol. The fourth-order valence-corrected chi connectivity index (χ4v) is 2.89. The van der Waals surface area contributed by atoms with Gasteiger partial charge in [0.15, 0.2) is 5.16 Å². The van der Waals surface area contributed by atoms with Crippen molar-refractivity contribution in [3.8, 4) is 5.69 Å². The quantitative estimate of drug-likeness (QED) is 0.814. The Kier molecular flexibility index (Phi) is 5.16. The number of hydrogen-bond donors (Lipinski definition) is 2. The van der Waals surface area contributed by atoms with Gasteiger partial charge in [0, 0.05) is 5.69 Å². The molecule has 0 fully saturated rings. The molecule has 0 aliphatic heterocycles. The summed E-state index contributed by atoms with van der Waals surface area (Å²) in [6.45, 7) is 3.78. The highest BCUT2D eigenvalue weighted by molar-refractivity contribution is 8.00. The Balaban J connectivity index is 2.23. The second kappa shape index (κ2) is 7.08. The van der Waals surface area contributed by atoms with E-state index in [9.17, 15) is 9.59 Å². The Labute approximate surface area is 132 Å². The second-order valence-electron chi connectivity index (χ2n) is 4.96. The van der Waals surface area contributed by atoms with Crippen molar-refractivity contribution in [1.82, 2.24) is 20.1 Å². The number of hydrogen-bond acceptors (Lipinski definition) is 5. The van der Waals surface area contributed by atoms with Gasteiger partial charge in [0.1, 0.15) is 6.33 Å². The van der Waals surface area contributed by atoms with Crippen LogP contribution in [0, 0.1) is 5.92 Å². The first-order valence-corrected chi connectivity index (χ1v) is 7.59. The fourth-order valence-electron chi connectivity index (χ4n) is 1.87. The van der Waals surface area contributed by atoms with Gasteiger partial charge in [0.05, 0.1) is 5.25 Å². The molecule has 1 heterocycles. The fraction of sp³-hybridized carbons (Fsp3) is 0.286. The molecular weight excluding hydrogens is 302 g/mol. The van der Waals surface area contributed by atoms with Gasteiger partial charge in [-0.05, 0) is 18.1 Å². The van der Waals surface area contributed by atoms with Gasteiger partial charge in [-0.2, -0.15) is 0 Å². The topological polar surface area (TPSA) is 103 Å². The monoisotopic (exact) mass is 319 g/mol. The molecule has 0 spiro atoms. The number of nitrogens with one attached hydrogen (secondary N) is 1. The number of thioether (sulfide) groups is 1. The second-order valence-corrected chi connectivity index (χ2v) is 6.06. The first-order valence-electron chi connectivity index (χ1n) is 6.71. The van der Waals surface area contributed by atoms with Gasteiger partial charge in [-0.1, -0.05) is 43.8 Å². The Morgan fingerprint density at radius 2 is 1.95 bits per heavy atom. The number of para-hydroxylation sites is 1. The molecule has 3 amide bonds. The molecule has 8 heteroatoms. The number of imide groups is 1. The van der Waals surface area contributed by atoms with Crippen LogP contribution < -0.4 is 11.1 Å². The van der Waals surface area contributed by atoms with Crippen LogP contribution in [-0.4, -0.2) is 32.0 Å². The highest BCUT2D eigenvalue weighted by Gasteiger charge is 2.26. The van der Waals surface area contributed by atoms with E-state index in [1.54, 1.807) is 10.9 Å². The first kappa shape index (κ1) is 16.0. The third kappa shape index (κ3) is 3.85. The molecule has 116 valence electrons. The van der Waals surface area contributed by atoms with Crippen molar-refractivity contribution in [2.24, 2.45) is 11.7 Å². The van der Waals surface area contributed by atoms with E-state index >= 15 is 0 Å². The molecular formula is C14H17N5O2S. The standard InChI is InChI=1S/C14H17N5O2S/c1-9(2)11(12(20)17-13(15)21)22-14-18-16-8-19(14)10-6-4-3-5-7-10/h3-9,11H,1-2H3,(H3,15,17,20,21). The molecule has 22 heavy (non-hydrogen) atoms. The van der Waals surface area contributed by atoms with Gasteiger partial charge >= 0.3 is 6.03 Å². The van der Waals surface area contributed by atoms with Crippen LogP contribution in [0.2, 0.25) is 0 Å². The average Bonchev–Trinajstić information content (AvgIpc) is 2.92. The molecule has 1 aromatic heterocycles. The molecule has 0 radical (unpaired) electrons. The molecule has 1 aromatic carbocycles. The summed E-state index contributed by atoms with van der Waals surface area (Å²) >= 11 is 1.24. The molecule has 2 rings (SSSR count). The minimum atomic E-state index is -0.860. The summed E-state index contributed by atoms with van der Waals surface area (Å²) in [4.78, 5) is 23.0. The van der Waals surface area contributed by atoms with Crippen LogP contribution in [0.1, 0.15) is 13.8 Å². The molecule has 0 bridgehead atoms. The zero-order valence-electron chi connectivity index (χ0n) is 12.3. The van der Waals surface area contributed by atoms with Crippen molar-refractivity contribution >= 4 is 23.7 Å². The van der Waals surface area contributed by atoms with Gasteiger partial charge in [0.2, 0.25) is 5.91 Å². The summed E-state index contributed by atoms with van der Waals surface area (Å²) in [5, 5.41) is 10.1. The smallest absolute Gasteiger partial charge is 0.318 e. The Morgan fingerprint density at radius 3 is 2.55 bits per heavy atom. The summed E-state index contributed by atoms with van der Waals surface area (Å²) in [7, 11) is 0. The van der Waals surface area contributed by atoms with E-state index in [0.29, 0.717) is 5.16 Å². The van der Waals surface area contributed by atoms with Gasteiger partial charge < -0.3 is 5.73 Å². The van der Waals surface area contributed by atoms with E-state index in [-0.39, 0.29) is 5.92 Å². The van der Waals surface area contributed by atoms with E-state index in [0.717, 1.165) is 5.69 Å². The number of amides is 3. The van der Waals surface area contributed by atoms with Crippen molar-refractivity contribution in [2.75, 3.05) is 0 Å². The van der Waals surface area contributed by atoms with Crippen molar-refractivity contribution in [2.45, 2.75) is 24.3 Å². The Bertz CT molecular complexity index is 656. The lowest BCUT2D eigenvalue weighted by molar-refractivity contribution is -0.120. The maximum Gasteiger partial charge on any atom is 0.318 e. The van der Waals surface area contributed by atoms with E-state index in [1.165, 1.54) is 11.8 Å². The Morgan fingerprint density at radius 1 is 1.27 bits per heavy atom. The predicted molar refractivity (Wildman–Crippen MR) is 83.6 cm³/mol. The van der Waals surface area contributed by atoms with E-state index < -0.39 is 17.2 Å². The largest absolute Gasteiger partial charge is 0.351 e. The van der Waals surface area contributed by atoms with Crippen LogP contribution in [0.15, 0.2) is 41.8 Å². The molecule has 3 N–H and O–H groups in total. The predicted octanol–water partition coefficient (Wildman–Crippen LogP) is 1.58. The van der Waals surface area contributed by atoms with Crippen molar-refractivity contribution < 1.29 is 9.59 Å². The molecule has 0 aliphatic carbocycles. The van der Waals surface area contributed by atoms with E-state index in [2.05, 4.69) is 15.5 Å². The van der Waals surface area contributed by atoms with Crippen molar-refractivity contribution in [3.05, 3.63) is 36.7 Å². The summed E-state index contributed by atoms with van der Waals surface area (Å²) in [6.07, 6.45) is 1.58. The van der Waals surface area contributed by atoms with Gasteiger partial charge in [0.25, 0.3) is 0 Å². The van der Waals surface area contributed by atoms with E-state index in [4.69, 9.17) is 5.73 Å². The number of rotatable bonds is 5. The highest BCUT2D eigenvalue weighted by atomic mass is 32.2. The number of nitrogens with two attached hydrogens (primary N) is 1. The maximum absolute atomic E-state index is 12.1. The molecule has 7 nitrogen and oxygen atoms in total. The maximum atomic E-state index is 12.1. The summed E-state index contributed by atoms with van der Waals surface area (Å²) in [5.41, 5.74) is 5.91. The minimum Gasteiger partial charge on any atom is -0.351 e. The highest BCUT2D eigenvalue weighted by Crippen LogP contribution is 2.28. The molecule has 0 aliphatic rings. The van der Waals surface area contributed by atoms with Gasteiger partial charge in [-0.15, -0.1) is 10.2 Å². The number of aromatic nitrogens is 3. The first-order chi connectivity index (χ1) is 10.5. The SMILES string of the molecule is CC(C)C(Sc1nncn1-c1ccccc1)C(=O)NC(N)=O. The number of carbonyl (C=O) groups is 2. The van der Waals surface area contributed by atoms with Crippen LogP contribution >= 0.6 is 11.8 Å². The van der Waals surface area contributed by atoms with Crippen LogP contribution in [-0.2, 0) is 4.79 Å². The van der Waals surface area contributed by atoms with E-state index in [1.807, 2.05) is 44.2 Å². The summed E-state index contributed by atoms with van der Waals surface area (Å²) in [5.74, 6) is -0.444. The van der Waals surface area contributed by atoms with Crippen molar-refractivity contribution in [1.29, 1.82) is 0 Å². The number of nitrogens with zero attached hydrogens (tertiary/aromatic N) is 3. The lowest BCUT2D eigenvalue weighted by atomic mass is 10.1. The normalized spacial score (nSPS) is 12.1. The summed E-state index contributed by atoms with van der Waals surface area (Å²) in [6, 6.07) is 8.70. The zero-order chi connectivity index (χ0) is 16.1. The van der Waals surface area contributed by atoms with Crippen LogP contribution in [0.3, 0.4) is 0 Å². The number of primary amides is 1. The Hall–Kier alpha value is -2.35. The number of urea groups is 1. The van der Waals surface area contributed by atoms with Crippen molar-refractivity contribution in [3.63, 3.8) is 0 Å². The molecule has 1 unspecified atom stereocenters. The molecule has 1 atom stereocenters. The summed E-state index contributed by atoms with van der Waals surface area (Å²) < 4.78 is 1.79. The third-order valence-electron chi connectivity index (χ3n) is 2.89. The third-order valence-corrected chi connectivity index (χ3v) is 4.40. The van der Waals surface area contributed by atoms with Crippen LogP contribution in [0.4, 0.5) is 4.79 Å². The molecule has 0 saturated heterocycles. The van der Waals surface area contributed by atoms with Crippen LogP contribution in [0.5, 0.6) is 0 Å². The molecule has 0 saturated carbocycles. The number of carbonyl (C=O) groups excluding carboxylic acids is 2. The molecule has 2 aromatic rings.